The van der Waals surface area contributed by atoms with Gasteiger partial charge in [-0.1, -0.05) is 0 Å². The third kappa shape index (κ3) is 4.28. The zero-order valence-corrected chi connectivity index (χ0v) is 11.4. The normalized spacial score (nSPS) is 9.84. The maximum absolute atomic E-state index is 12.0. The minimum absolute atomic E-state index is 0.257. The van der Waals surface area contributed by atoms with E-state index in [4.69, 9.17) is 14.2 Å². The molecule has 0 aliphatic heterocycles. The molecule has 0 unspecified atom stereocenters. The SMILES string of the molecule is CCOC(=O)CC(=O)c1ccc(OC)cc1OCC. The summed E-state index contributed by atoms with van der Waals surface area (Å²) in [6, 6.07) is 4.87. The van der Waals surface area contributed by atoms with Gasteiger partial charge in [0.2, 0.25) is 0 Å². The van der Waals surface area contributed by atoms with Gasteiger partial charge in [0, 0.05) is 6.07 Å². The number of carbonyl (C=O) groups excluding carboxylic acids is 2. The zero-order chi connectivity index (χ0) is 14.3. The lowest BCUT2D eigenvalue weighted by Crippen LogP contribution is -2.12. The van der Waals surface area contributed by atoms with Crippen molar-refractivity contribution in [2.24, 2.45) is 0 Å². The summed E-state index contributed by atoms with van der Waals surface area (Å²) in [6.45, 7) is 4.19. The Kier molecular flexibility index (Phi) is 5.85. The Morgan fingerprint density at radius 1 is 1.16 bits per heavy atom. The highest BCUT2D eigenvalue weighted by atomic mass is 16.5. The van der Waals surface area contributed by atoms with E-state index in [0.717, 1.165) is 0 Å². The van der Waals surface area contributed by atoms with Crippen molar-refractivity contribution >= 4 is 11.8 Å². The Bertz CT molecular complexity index is 453. The fourth-order valence-electron chi connectivity index (χ4n) is 1.57. The first-order valence-electron chi connectivity index (χ1n) is 6.12. The lowest BCUT2D eigenvalue weighted by atomic mass is 10.1. The number of hydrogen-bond donors (Lipinski definition) is 0. The Morgan fingerprint density at radius 3 is 2.47 bits per heavy atom. The fourth-order valence-corrected chi connectivity index (χ4v) is 1.57. The molecular formula is C14H18O5. The van der Waals surface area contributed by atoms with E-state index in [9.17, 15) is 9.59 Å². The minimum Gasteiger partial charge on any atom is -0.497 e. The molecule has 1 aromatic carbocycles. The summed E-state index contributed by atoms with van der Waals surface area (Å²) in [5.41, 5.74) is 0.357. The summed E-state index contributed by atoms with van der Waals surface area (Å²) in [4.78, 5) is 23.3. The second kappa shape index (κ2) is 7.41. The van der Waals surface area contributed by atoms with Crippen LogP contribution in [-0.4, -0.2) is 32.1 Å². The highest BCUT2D eigenvalue weighted by molar-refractivity contribution is 6.07. The molecule has 5 heteroatoms. The van der Waals surface area contributed by atoms with Crippen molar-refractivity contribution in [2.45, 2.75) is 20.3 Å². The maximum atomic E-state index is 12.0. The van der Waals surface area contributed by atoms with Crippen molar-refractivity contribution in [3.05, 3.63) is 23.8 Å². The van der Waals surface area contributed by atoms with Gasteiger partial charge < -0.3 is 14.2 Å². The smallest absolute Gasteiger partial charge is 0.313 e. The zero-order valence-electron chi connectivity index (χ0n) is 11.4. The van der Waals surface area contributed by atoms with Crippen molar-refractivity contribution in [1.29, 1.82) is 0 Å². The van der Waals surface area contributed by atoms with Crippen LogP contribution in [0.1, 0.15) is 30.6 Å². The summed E-state index contributed by atoms with van der Waals surface area (Å²) in [5.74, 6) is 0.141. The molecule has 104 valence electrons. The van der Waals surface area contributed by atoms with Gasteiger partial charge in [0.05, 0.1) is 25.9 Å². The van der Waals surface area contributed by atoms with Crippen LogP contribution in [0.2, 0.25) is 0 Å². The summed E-state index contributed by atoms with van der Waals surface area (Å²) in [7, 11) is 1.53. The van der Waals surface area contributed by atoms with Gasteiger partial charge in [-0.05, 0) is 26.0 Å². The molecule has 0 bridgehead atoms. The molecule has 0 saturated heterocycles. The molecule has 0 N–H and O–H groups in total. The third-order valence-corrected chi connectivity index (χ3v) is 2.40. The van der Waals surface area contributed by atoms with Gasteiger partial charge in [0.15, 0.2) is 5.78 Å². The lowest BCUT2D eigenvalue weighted by Gasteiger charge is -2.10. The van der Waals surface area contributed by atoms with E-state index in [-0.39, 0.29) is 18.8 Å². The number of methoxy groups -OCH3 is 1. The topological polar surface area (TPSA) is 61.8 Å². The summed E-state index contributed by atoms with van der Waals surface area (Å²) >= 11 is 0. The Balaban J connectivity index is 2.91. The second-order valence-electron chi connectivity index (χ2n) is 3.70. The highest BCUT2D eigenvalue weighted by Gasteiger charge is 2.17. The van der Waals surface area contributed by atoms with Crippen molar-refractivity contribution in [3.8, 4) is 11.5 Å². The Hall–Kier alpha value is -2.04. The van der Waals surface area contributed by atoms with Crippen LogP contribution in [0.5, 0.6) is 11.5 Å². The Morgan fingerprint density at radius 2 is 1.89 bits per heavy atom. The largest absolute Gasteiger partial charge is 0.497 e. The molecule has 0 heterocycles. The standard InChI is InChI=1S/C14H18O5/c1-4-18-13-8-10(17-3)6-7-11(13)12(15)9-14(16)19-5-2/h6-8H,4-5,9H2,1-3H3. The van der Waals surface area contributed by atoms with Gasteiger partial charge in [-0.3, -0.25) is 9.59 Å². The van der Waals surface area contributed by atoms with E-state index in [1.807, 2.05) is 6.92 Å². The van der Waals surface area contributed by atoms with Crippen molar-refractivity contribution in [3.63, 3.8) is 0 Å². The average Bonchev–Trinajstić information content (AvgIpc) is 2.39. The van der Waals surface area contributed by atoms with Crippen LogP contribution in [0.25, 0.3) is 0 Å². The fraction of sp³-hybridized carbons (Fsp3) is 0.429. The molecule has 0 radical (unpaired) electrons. The van der Waals surface area contributed by atoms with Crippen molar-refractivity contribution in [2.75, 3.05) is 20.3 Å². The minimum atomic E-state index is -0.536. The van der Waals surface area contributed by atoms with Gasteiger partial charge >= 0.3 is 5.97 Å². The van der Waals surface area contributed by atoms with Gasteiger partial charge in [0.1, 0.15) is 17.9 Å². The molecule has 0 atom stereocenters. The molecule has 1 rings (SSSR count). The molecule has 0 aliphatic carbocycles. The Labute approximate surface area is 112 Å². The van der Waals surface area contributed by atoms with Crippen LogP contribution in [-0.2, 0) is 9.53 Å². The number of esters is 1. The van der Waals surface area contributed by atoms with Crippen LogP contribution < -0.4 is 9.47 Å². The highest BCUT2D eigenvalue weighted by Crippen LogP contribution is 2.26. The van der Waals surface area contributed by atoms with E-state index in [2.05, 4.69) is 0 Å². The number of Topliss-reactive ketones (excluding diaryl/α,β-unsaturated/α-hetero) is 1. The summed E-state index contributed by atoms with van der Waals surface area (Å²) < 4.78 is 15.2. The second-order valence-corrected chi connectivity index (χ2v) is 3.70. The van der Waals surface area contributed by atoms with Gasteiger partial charge in [0.25, 0.3) is 0 Å². The number of hydrogen-bond acceptors (Lipinski definition) is 5. The summed E-state index contributed by atoms with van der Waals surface area (Å²) in [6.07, 6.45) is -0.291. The first-order valence-corrected chi connectivity index (χ1v) is 6.12. The molecule has 0 aliphatic rings. The molecule has 0 aromatic heterocycles. The molecule has 0 fully saturated rings. The van der Waals surface area contributed by atoms with Gasteiger partial charge in [-0.2, -0.15) is 0 Å². The molecule has 0 spiro atoms. The van der Waals surface area contributed by atoms with Gasteiger partial charge in [-0.25, -0.2) is 0 Å². The average molecular weight is 266 g/mol. The molecule has 0 amide bonds. The number of ketones is 1. The van der Waals surface area contributed by atoms with E-state index in [1.54, 1.807) is 25.1 Å². The van der Waals surface area contributed by atoms with Crippen LogP contribution in [0.3, 0.4) is 0 Å². The predicted molar refractivity (Wildman–Crippen MR) is 69.7 cm³/mol. The molecule has 19 heavy (non-hydrogen) atoms. The predicted octanol–water partition coefficient (Wildman–Crippen LogP) is 2.23. The quantitative estimate of drug-likeness (QED) is 0.430. The molecular weight excluding hydrogens is 248 g/mol. The maximum Gasteiger partial charge on any atom is 0.313 e. The number of carbonyl (C=O) groups is 2. The monoisotopic (exact) mass is 266 g/mol. The van der Waals surface area contributed by atoms with Crippen molar-refractivity contribution in [1.82, 2.24) is 0 Å². The van der Waals surface area contributed by atoms with E-state index in [0.29, 0.717) is 23.7 Å². The molecule has 1 aromatic rings. The number of rotatable bonds is 7. The number of benzene rings is 1. The third-order valence-electron chi connectivity index (χ3n) is 2.40. The summed E-state index contributed by atoms with van der Waals surface area (Å²) in [5, 5.41) is 0. The van der Waals surface area contributed by atoms with Crippen LogP contribution in [0.4, 0.5) is 0 Å². The first kappa shape index (κ1) is 15.0. The molecule has 5 nitrogen and oxygen atoms in total. The van der Waals surface area contributed by atoms with Crippen LogP contribution in [0, 0.1) is 0 Å². The first-order chi connectivity index (χ1) is 9.12. The van der Waals surface area contributed by atoms with E-state index >= 15 is 0 Å². The van der Waals surface area contributed by atoms with Gasteiger partial charge in [-0.15, -0.1) is 0 Å². The van der Waals surface area contributed by atoms with Crippen LogP contribution in [0.15, 0.2) is 18.2 Å². The molecule has 0 saturated carbocycles. The van der Waals surface area contributed by atoms with Crippen molar-refractivity contribution < 1.29 is 23.8 Å². The van der Waals surface area contributed by atoms with Crippen LogP contribution >= 0.6 is 0 Å². The van der Waals surface area contributed by atoms with E-state index in [1.165, 1.54) is 7.11 Å². The van der Waals surface area contributed by atoms with E-state index < -0.39 is 5.97 Å². The number of ether oxygens (including phenoxy) is 3. The lowest BCUT2D eigenvalue weighted by molar-refractivity contribution is -0.141.